The maximum Gasteiger partial charge on any atom is 0.318 e. The van der Waals surface area contributed by atoms with Gasteiger partial charge in [0, 0.05) is 38.4 Å². The van der Waals surface area contributed by atoms with Gasteiger partial charge in [-0.05, 0) is 25.7 Å². The Labute approximate surface area is 167 Å². The molecule has 2 N–H and O–H groups in total. The number of nitrogens with one attached hydrogen (secondary N) is 2. The molecule has 0 unspecified atom stereocenters. The maximum atomic E-state index is 12.5. The summed E-state index contributed by atoms with van der Waals surface area (Å²) in [4.78, 5) is 35.9. The van der Waals surface area contributed by atoms with Gasteiger partial charge in [-0.15, -0.1) is 0 Å². The number of aromatic nitrogens is 4. The summed E-state index contributed by atoms with van der Waals surface area (Å²) in [6.45, 7) is 1.93. The van der Waals surface area contributed by atoms with Crippen molar-refractivity contribution in [1.82, 2.24) is 23.8 Å². The van der Waals surface area contributed by atoms with Crippen LogP contribution in [0.3, 0.4) is 0 Å². The van der Waals surface area contributed by atoms with Gasteiger partial charge in [0.25, 0.3) is 0 Å². The number of anilines is 1. The van der Waals surface area contributed by atoms with E-state index < -0.39 is 21.1 Å². The molecule has 12 heteroatoms. The molecular weight excluding hydrogens is 400 g/mol. The first-order valence-corrected chi connectivity index (χ1v) is 11.5. The van der Waals surface area contributed by atoms with Gasteiger partial charge in [-0.25, -0.2) is 17.7 Å². The van der Waals surface area contributed by atoms with E-state index in [0.29, 0.717) is 69.1 Å². The molecule has 2 fully saturated rings. The van der Waals surface area contributed by atoms with E-state index in [9.17, 15) is 18.0 Å². The van der Waals surface area contributed by atoms with E-state index in [4.69, 9.17) is 4.74 Å². The van der Waals surface area contributed by atoms with Crippen molar-refractivity contribution in [1.29, 1.82) is 0 Å². The molecule has 0 aromatic carbocycles. The van der Waals surface area contributed by atoms with E-state index in [1.807, 2.05) is 0 Å². The van der Waals surface area contributed by atoms with E-state index in [1.165, 1.54) is 21.3 Å². The highest BCUT2D eigenvalue weighted by atomic mass is 32.2. The quantitative estimate of drug-likeness (QED) is 0.636. The Kier molecular flexibility index (Phi) is 5.40. The lowest BCUT2D eigenvalue weighted by Crippen LogP contribution is -2.42. The molecule has 0 radical (unpaired) electrons. The smallest absolute Gasteiger partial charge is 0.318 e. The highest BCUT2D eigenvalue weighted by Crippen LogP contribution is 2.22. The zero-order chi connectivity index (χ0) is 20.6. The highest BCUT2D eigenvalue weighted by molar-refractivity contribution is 7.88. The van der Waals surface area contributed by atoms with Crippen molar-refractivity contribution in [3.8, 4) is 0 Å². The Balaban J connectivity index is 1.61. The molecule has 0 spiro atoms. The topological polar surface area (TPSA) is 139 Å². The number of piperidine rings is 1. The van der Waals surface area contributed by atoms with Crippen molar-refractivity contribution in [2.24, 2.45) is 0 Å². The third kappa shape index (κ3) is 4.19. The molecule has 158 valence electrons. The number of fused-ring (bicyclic) bond motifs is 1. The van der Waals surface area contributed by atoms with Gasteiger partial charge in [-0.3, -0.25) is 14.2 Å². The van der Waals surface area contributed by atoms with Crippen LogP contribution in [0.4, 0.5) is 5.95 Å². The summed E-state index contributed by atoms with van der Waals surface area (Å²) in [5.74, 6) is 0.350. The SMILES string of the molecule is CS(=O)(=O)N1CCC(Nc2ncc3[nH]c(=O)c(=O)n(C4CCOCC4)c3n2)CC1. The highest BCUT2D eigenvalue weighted by Gasteiger charge is 2.26. The van der Waals surface area contributed by atoms with Crippen LogP contribution >= 0.6 is 0 Å². The van der Waals surface area contributed by atoms with Crippen molar-refractivity contribution in [2.45, 2.75) is 37.8 Å². The Morgan fingerprint density at radius 1 is 1.17 bits per heavy atom. The molecule has 2 aliphatic rings. The van der Waals surface area contributed by atoms with Crippen molar-refractivity contribution in [3.63, 3.8) is 0 Å². The molecule has 2 aliphatic heterocycles. The first-order valence-electron chi connectivity index (χ1n) is 9.64. The van der Waals surface area contributed by atoms with Crippen LogP contribution < -0.4 is 16.4 Å². The minimum absolute atomic E-state index is 0.0245. The van der Waals surface area contributed by atoms with Gasteiger partial charge in [-0.2, -0.15) is 4.98 Å². The Bertz CT molecular complexity index is 1110. The van der Waals surface area contributed by atoms with Crippen molar-refractivity contribution >= 4 is 27.1 Å². The van der Waals surface area contributed by atoms with Crippen molar-refractivity contribution in [2.75, 3.05) is 37.9 Å². The molecule has 2 aromatic heterocycles. The number of H-pyrrole nitrogens is 1. The normalized spacial score (nSPS) is 20.2. The van der Waals surface area contributed by atoms with Gasteiger partial charge in [-0.1, -0.05) is 0 Å². The molecule has 4 rings (SSSR count). The minimum Gasteiger partial charge on any atom is -0.381 e. The van der Waals surface area contributed by atoms with Gasteiger partial charge < -0.3 is 15.0 Å². The third-order valence-corrected chi connectivity index (χ3v) is 6.77. The number of aromatic amines is 1. The zero-order valence-corrected chi connectivity index (χ0v) is 16.9. The number of ether oxygens (including phenoxy) is 1. The molecule has 4 heterocycles. The first kappa shape index (κ1) is 20.0. The monoisotopic (exact) mass is 424 g/mol. The summed E-state index contributed by atoms with van der Waals surface area (Å²) in [6.07, 6.45) is 5.24. The predicted octanol–water partition coefficient (Wildman–Crippen LogP) is -0.333. The molecule has 2 saturated heterocycles. The molecule has 29 heavy (non-hydrogen) atoms. The Morgan fingerprint density at radius 3 is 2.52 bits per heavy atom. The van der Waals surface area contributed by atoms with Gasteiger partial charge in [0.1, 0.15) is 5.52 Å². The largest absolute Gasteiger partial charge is 0.381 e. The average molecular weight is 424 g/mol. The van der Waals surface area contributed by atoms with E-state index in [0.717, 1.165) is 0 Å². The summed E-state index contributed by atoms with van der Waals surface area (Å²) >= 11 is 0. The Hall–Kier alpha value is -2.31. The number of rotatable bonds is 4. The average Bonchev–Trinajstić information content (AvgIpc) is 2.70. The molecule has 0 saturated carbocycles. The van der Waals surface area contributed by atoms with Crippen LogP contribution in [0.15, 0.2) is 15.8 Å². The first-order chi connectivity index (χ1) is 13.8. The fraction of sp³-hybridized carbons (Fsp3) is 0.647. The van der Waals surface area contributed by atoms with Crippen molar-refractivity contribution in [3.05, 3.63) is 26.9 Å². The van der Waals surface area contributed by atoms with E-state index >= 15 is 0 Å². The van der Waals surface area contributed by atoms with Crippen LogP contribution in [-0.4, -0.2) is 70.8 Å². The summed E-state index contributed by atoms with van der Waals surface area (Å²) in [7, 11) is -3.19. The fourth-order valence-corrected chi connectivity index (χ4v) is 4.77. The minimum atomic E-state index is -3.19. The summed E-state index contributed by atoms with van der Waals surface area (Å²) < 4.78 is 31.6. The van der Waals surface area contributed by atoms with Gasteiger partial charge in [0.2, 0.25) is 16.0 Å². The van der Waals surface area contributed by atoms with E-state index in [-0.39, 0.29) is 12.1 Å². The second-order valence-electron chi connectivity index (χ2n) is 7.48. The third-order valence-electron chi connectivity index (χ3n) is 5.47. The summed E-state index contributed by atoms with van der Waals surface area (Å²) in [5.41, 5.74) is -0.539. The standard InChI is InChI=1S/C17H24N6O5S/c1-29(26,27)22-6-2-11(3-7-22)19-17-18-10-13-14(21-17)23(16(25)15(24)20-13)12-4-8-28-9-5-12/h10-12H,2-9H2,1H3,(H,20,24)(H,18,19,21). The van der Waals surface area contributed by atoms with Crippen LogP contribution in [-0.2, 0) is 14.8 Å². The summed E-state index contributed by atoms with van der Waals surface area (Å²) in [5, 5.41) is 3.23. The number of sulfonamides is 1. The van der Waals surface area contributed by atoms with Crippen molar-refractivity contribution < 1.29 is 13.2 Å². The molecule has 0 atom stereocenters. The molecule has 0 amide bonds. The predicted molar refractivity (Wildman–Crippen MR) is 107 cm³/mol. The lowest BCUT2D eigenvalue weighted by molar-refractivity contribution is 0.0695. The zero-order valence-electron chi connectivity index (χ0n) is 16.1. The Morgan fingerprint density at radius 2 is 1.86 bits per heavy atom. The van der Waals surface area contributed by atoms with Crippen LogP contribution in [0.2, 0.25) is 0 Å². The second kappa shape index (κ2) is 7.84. The van der Waals surface area contributed by atoms with Crippen LogP contribution in [0.1, 0.15) is 31.7 Å². The van der Waals surface area contributed by atoms with Crippen LogP contribution in [0, 0.1) is 0 Å². The van der Waals surface area contributed by atoms with Crippen LogP contribution in [0.25, 0.3) is 11.2 Å². The van der Waals surface area contributed by atoms with Gasteiger partial charge >= 0.3 is 11.1 Å². The molecule has 0 aliphatic carbocycles. The van der Waals surface area contributed by atoms with Crippen LogP contribution in [0.5, 0.6) is 0 Å². The number of hydrogen-bond acceptors (Lipinski definition) is 8. The second-order valence-corrected chi connectivity index (χ2v) is 9.47. The van der Waals surface area contributed by atoms with Gasteiger partial charge in [0.05, 0.1) is 12.5 Å². The van der Waals surface area contributed by atoms with E-state index in [1.54, 1.807) is 0 Å². The van der Waals surface area contributed by atoms with E-state index in [2.05, 4.69) is 20.3 Å². The number of nitrogens with zero attached hydrogens (tertiary/aromatic N) is 4. The fourth-order valence-electron chi connectivity index (χ4n) is 3.89. The number of hydrogen-bond donors (Lipinski definition) is 2. The summed E-state index contributed by atoms with van der Waals surface area (Å²) in [6, 6.07) is -0.127. The molecular formula is C17H24N6O5S. The lowest BCUT2D eigenvalue weighted by atomic mass is 10.1. The molecule has 0 bridgehead atoms. The molecule has 11 nitrogen and oxygen atoms in total. The maximum absolute atomic E-state index is 12.5. The van der Waals surface area contributed by atoms with Gasteiger partial charge in [0.15, 0.2) is 5.65 Å². The lowest BCUT2D eigenvalue weighted by Gasteiger charge is -2.30. The molecule has 2 aromatic rings.